The lowest BCUT2D eigenvalue weighted by molar-refractivity contribution is 0.0336. The molecule has 0 bridgehead atoms. The zero-order valence-electron chi connectivity index (χ0n) is 18.4. The van der Waals surface area contributed by atoms with Gasteiger partial charge in [-0.25, -0.2) is 4.79 Å². The smallest absolute Gasteiger partial charge is 0.405 e. The van der Waals surface area contributed by atoms with Crippen LogP contribution in [0.1, 0.15) is 66.9 Å². The number of H-pyrrole nitrogens is 1. The van der Waals surface area contributed by atoms with Gasteiger partial charge in [-0.1, -0.05) is 51.1 Å². The molecule has 1 unspecified atom stereocenters. The number of benzene rings is 2. The largest absolute Gasteiger partial charge is 0.439 e. The lowest BCUT2D eigenvalue weighted by Gasteiger charge is -2.28. The molecule has 0 spiro atoms. The van der Waals surface area contributed by atoms with Crippen molar-refractivity contribution >= 4 is 22.9 Å². The number of aryl methyl sites for hydroxylation is 1. The first-order valence-corrected chi connectivity index (χ1v) is 10.6. The molecule has 1 heterocycles. The zero-order chi connectivity index (χ0) is 22.4. The average molecular weight is 420 g/mol. The highest BCUT2D eigenvalue weighted by atomic mass is 16.6. The Hall–Kier alpha value is -3.28. The third-order valence-corrected chi connectivity index (χ3v) is 5.96. The molecule has 1 aliphatic carbocycles. The Kier molecular flexibility index (Phi) is 5.04. The van der Waals surface area contributed by atoms with Gasteiger partial charge in [-0.15, -0.1) is 0 Å². The van der Waals surface area contributed by atoms with Crippen LogP contribution in [0, 0.1) is 12.3 Å². The molecule has 0 radical (unpaired) electrons. The fraction of sp³-hybridized carbons (Fsp3) is 0.360. The molecular formula is C25H29N3O3. The highest BCUT2D eigenvalue weighted by molar-refractivity contribution is 6.00. The molecule has 1 aliphatic rings. The minimum Gasteiger partial charge on any atom is -0.439 e. The number of nitrogens with two attached hydrogens (primary N) is 1. The molecule has 31 heavy (non-hydrogen) atoms. The van der Waals surface area contributed by atoms with Gasteiger partial charge >= 0.3 is 6.09 Å². The van der Waals surface area contributed by atoms with Crippen molar-refractivity contribution in [3.63, 3.8) is 0 Å². The van der Waals surface area contributed by atoms with E-state index in [0.717, 1.165) is 40.6 Å². The van der Waals surface area contributed by atoms with Crippen molar-refractivity contribution in [1.29, 1.82) is 0 Å². The third-order valence-electron chi connectivity index (χ3n) is 5.96. The molecule has 3 aromatic rings. The fourth-order valence-corrected chi connectivity index (χ4v) is 4.18. The highest BCUT2D eigenvalue weighted by Crippen LogP contribution is 2.45. The summed E-state index contributed by atoms with van der Waals surface area (Å²) < 4.78 is 5.39. The summed E-state index contributed by atoms with van der Waals surface area (Å²) in [6.45, 7) is 7.88. The Morgan fingerprint density at radius 3 is 2.39 bits per heavy atom. The number of nitrogens with one attached hydrogen (secondary N) is 2. The molecule has 4 N–H and O–H groups in total. The second-order valence-electron chi connectivity index (χ2n) is 9.56. The molecular weight excluding hydrogens is 390 g/mol. The Morgan fingerprint density at radius 1 is 1.13 bits per heavy atom. The monoisotopic (exact) mass is 419 g/mol. The number of amides is 2. The number of carbonyl (C=O) groups is 2. The van der Waals surface area contributed by atoms with Gasteiger partial charge in [-0.2, -0.15) is 0 Å². The minimum absolute atomic E-state index is 0.0855. The van der Waals surface area contributed by atoms with Crippen LogP contribution in [0.5, 0.6) is 0 Å². The quantitative estimate of drug-likeness (QED) is 0.538. The maximum atomic E-state index is 13.2. The average Bonchev–Trinajstić information content (AvgIpc) is 3.36. The number of hydrogen-bond acceptors (Lipinski definition) is 3. The van der Waals surface area contributed by atoms with E-state index < -0.39 is 12.2 Å². The van der Waals surface area contributed by atoms with Crippen molar-refractivity contribution in [3.05, 3.63) is 70.9 Å². The molecule has 1 aromatic heterocycles. The zero-order valence-corrected chi connectivity index (χ0v) is 18.4. The Morgan fingerprint density at radius 2 is 1.81 bits per heavy atom. The van der Waals surface area contributed by atoms with Crippen molar-refractivity contribution in [2.45, 2.75) is 52.2 Å². The van der Waals surface area contributed by atoms with E-state index in [1.807, 2.05) is 64.1 Å². The van der Waals surface area contributed by atoms with E-state index in [1.54, 1.807) is 0 Å². The Labute approximate surface area is 182 Å². The van der Waals surface area contributed by atoms with Crippen LogP contribution in [-0.2, 0) is 10.3 Å². The summed E-state index contributed by atoms with van der Waals surface area (Å²) in [7, 11) is 0. The summed E-state index contributed by atoms with van der Waals surface area (Å²) >= 11 is 0. The summed E-state index contributed by atoms with van der Waals surface area (Å²) in [6, 6.07) is 15.9. The van der Waals surface area contributed by atoms with Crippen LogP contribution in [0.25, 0.3) is 10.9 Å². The fourth-order valence-electron chi connectivity index (χ4n) is 4.18. The van der Waals surface area contributed by atoms with Crippen LogP contribution >= 0.6 is 0 Å². The number of carbonyl (C=O) groups excluding carboxylic acids is 2. The van der Waals surface area contributed by atoms with Crippen LogP contribution in [0.3, 0.4) is 0 Å². The Bertz CT molecular complexity index is 1140. The molecule has 6 heteroatoms. The molecule has 1 saturated carbocycles. The first-order chi connectivity index (χ1) is 14.6. The number of aromatic amines is 1. The second-order valence-corrected chi connectivity index (χ2v) is 9.56. The number of hydrogen-bond donors (Lipinski definition) is 3. The maximum absolute atomic E-state index is 13.2. The van der Waals surface area contributed by atoms with E-state index >= 15 is 0 Å². The van der Waals surface area contributed by atoms with E-state index in [0.29, 0.717) is 5.56 Å². The first kappa shape index (κ1) is 21.0. The lowest BCUT2D eigenvalue weighted by atomic mass is 9.87. The van der Waals surface area contributed by atoms with Crippen LogP contribution in [0.2, 0.25) is 0 Å². The van der Waals surface area contributed by atoms with E-state index in [4.69, 9.17) is 10.5 Å². The van der Waals surface area contributed by atoms with Crippen molar-refractivity contribution in [3.8, 4) is 0 Å². The van der Waals surface area contributed by atoms with Crippen LogP contribution in [0.4, 0.5) is 4.79 Å². The van der Waals surface area contributed by atoms with Gasteiger partial charge in [0.1, 0.15) is 6.10 Å². The topological polar surface area (TPSA) is 97.2 Å². The SMILES string of the molecule is Cc1cc2cc(C(OC(N)=O)C(C)(C)C)[nH]c2cc1C(=O)NC1(c2ccccc2)CC1. The number of ether oxygens (including phenoxy) is 1. The summed E-state index contributed by atoms with van der Waals surface area (Å²) in [5.41, 5.74) is 8.91. The highest BCUT2D eigenvalue weighted by Gasteiger charge is 2.45. The minimum atomic E-state index is -0.814. The van der Waals surface area contributed by atoms with Gasteiger partial charge in [0.2, 0.25) is 0 Å². The van der Waals surface area contributed by atoms with Crippen molar-refractivity contribution < 1.29 is 14.3 Å². The summed E-state index contributed by atoms with van der Waals surface area (Å²) in [4.78, 5) is 27.9. The maximum Gasteiger partial charge on any atom is 0.405 e. The summed E-state index contributed by atoms with van der Waals surface area (Å²) in [6.07, 6.45) is 0.538. The first-order valence-electron chi connectivity index (χ1n) is 10.6. The van der Waals surface area contributed by atoms with Crippen LogP contribution in [-0.4, -0.2) is 17.0 Å². The van der Waals surface area contributed by atoms with Crippen molar-refractivity contribution in [2.24, 2.45) is 11.1 Å². The number of rotatable bonds is 5. The predicted octanol–water partition coefficient (Wildman–Crippen LogP) is 5.08. The van der Waals surface area contributed by atoms with Crippen LogP contribution < -0.4 is 11.1 Å². The molecule has 2 aromatic carbocycles. The Balaban J connectivity index is 1.65. The lowest BCUT2D eigenvalue weighted by Crippen LogP contribution is -2.35. The molecule has 6 nitrogen and oxygen atoms in total. The molecule has 0 saturated heterocycles. The van der Waals surface area contributed by atoms with E-state index in [1.165, 1.54) is 0 Å². The molecule has 2 amide bonds. The predicted molar refractivity (Wildman–Crippen MR) is 121 cm³/mol. The third kappa shape index (κ3) is 4.15. The number of primary amides is 1. The molecule has 1 atom stereocenters. The van der Waals surface area contributed by atoms with Gasteiger partial charge in [-0.3, -0.25) is 4.79 Å². The van der Waals surface area contributed by atoms with Gasteiger partial charge < -0.3 is 20.8 Å². The normalized spacial score (nSPS) is 16.0. The van der Waals surface area contributed by atoms with Crippen molar-refractivity contribution in [1.82, 2.24) is 10.3 Å². The van der Waals surface area contributed by atoms with Gasteiger partial charge in [0.05, 0.1) is 11.2 Å². The summed E-state index contributed by atoms with van der Waals surface area (Å²) in [5, 5.41) is 4.20. The molecule has 1 fully saturated rings. The van der Waals surface area contributed by atoms with Gasteiger partial charge in [-0.05, 0) is 49.1 Å². The van der Waals surface area contributed by atoms with Crippen LogP contribution in [0.15, 0.2) is 48.5 Å². The second kappa shape index (κ2) is 7.45. The van der Waals surface area contributed by atoms with Crippen molar-refractivity contribution in [2.75, 3.05) is 0 Å². The van der Waals surface area contributed by atoms with E-state index in [2.05, 4.69) is 22.4 Å². The van der Waals surface area contributed by atoms with E-state index in [9.17, 15) is 9.59 Å². The van der Waals surface area contributed by atoms with Gasteiger partial charge in [0.15, 0.2) is 0 Å². The molecule has 162 valence electrons. The summed E-state index contributed by atoms with van der Waals surface area (Å²) in [5.74, 6) is -0.0855. The van der Waals surface area contributed by atoms with E-state index in [-0.39, 0.29) is 16.9 Å². The number of fused-ring (bicyclic) bond motifs is 1. The standard InChI is InChI=1S/C25H29N3O3/c1-15-12-16-13-20(21(24(2,3)4)31-23(26)30)27-19(16)14-18(15)22(29)28-25(10-11-25)17-8-6-5-7-9-17/h5-9,12-14,21,27H,10-11H2,1-4H3,(H2,26,30)(H,28,29). The number of aromatic nitrogens is 1. The van der Waals surface area contributed by atoms with Gasteiger partial charge in [0, 0.05) is 21.9 Å². The van der Waals surface area contributed by atoms with Gasteiger partial charge in [0.25, 0.3) is 5.91 Å². The molecule has 4 rings (SSSR count). The molecule has 0 aliphatic heterocycles.